The van der Waals surface area contributed by atoms with E-state index in [1.807, 2.05) is 62.9 Å². The van der Waals surface area contributed by atoms with E-state index in [9.17, 15) is 9.90 Å². The molecule has 20 heavy (non-hydrogen) atoms. The van der Waals surface area contributed by atoms with E-state index in [2.05, 4.69) is 0 Å². The highest BCUT2D eigenvalue weighted by atomic mass is 16.5. The first-order valence-electron chi connectivity index (χ1n) is 6.92. The molecule has 0 aromatic heterocycles. The standard InChI is InChI=1S/C16H23NO3/c1-15(2)10-17(11-16(3,4)20-15)13(14(18)19)12-8-6-5-7-9-12/h5-9,13H,10-11H2,1-4H3,(H,18,19). The highest BCUT2D eigenvalue weighted by Crippen LogP contribution is 2.33. The second kappa shape index (κ2) is 5.19. The largest absolute Gasteiger partial charge is 0.480 e. The van der Waals surface area contributed by atoms with Crippen molar-refractivity contribution in [3.8, 4) is 0 Å². The number of aliphatic carboxylic acids is 1. The van der Waals surface area contributed by atoms with Crippen LogP contribution < -0.4 is 0 Å². The maximum Gasteiger partial charge on any atom is 0.325 e. The number of carbonyl (C=O) groups is 1. The van der Waals surface area contributed by atoms with Crippen LogP contribution in [0.1, 0.15) is 39.3 Å². The van der Waals surface area contributed by atoms with Gasteiger partial charge in [0.15, 0.2) is 0 Å². The van der Waals surface area contributed by atoms with Crippen LogP contribution in [0.25, 0.3) is 0 Å². The van der Waals surface area contributed by atoms with Gasteiger partial charge in [0.1, 0.15) is 6.04 Å². The summed E-state index contributed by atoms with van der Waals surface area (Å²) >= 11 is 0. The molecule has 1 aliphatic heterocycles. The normalized spacial score (nSPS) is 23.2. The molecule has 110 valence electrons. The maximum absolute atomic E-state index is 11.7. The topological polar surface area (TPSA) is 49.8 Å². The van der Waals surface area contributed by atoms with Gasteiger partial charge in [-0.3, -0.25) is 9.69 Å². The van der Waals surface area contributed by atoms with Crippen LogP contribution in [0.5, 0.6) is 0 Å². The number of morpholine rings is 1. The molecule has 1 atom stereocenters. The maximum atomic E-state index is 11.7. The van der Waals surface area contributed by atoms with Crippen LogP contribution in [-0.4, -0.2) is 40.3 Å². The zero-order chi connectivity index (χ0) is 15.0. The van der Waals surface area contributed by atoms with Crippen molar-refractivity contribution in [3.63, 3.8) is 0 Å². The van der Waals surface area contributed by atoms with Crippen molar-refractivity contribution in [2.45, 2.75) is 44.9 Å². The summed E-state index contributed by atoms with van der Waals surface area (Å²) in [5, 5.41) is 9.64. The summed E-state index contributed by atoms with van der Waals surface area (Å²) in [6, 6.07) is 8.76. The average molecular weight is 277 g/mol. The number of nitrogens with zero attached hydrogens (tertiary/aromatic N) is 1. The Balaban J connectivity index is 2.33. The number of ether oxygens (including phenoxy) is 1. The van der Waals surface area contributed by atoms with Crippen LogP contribution in [0, 0.1) is 0 Å². The van der Waals surface area contributed by atoms with E-state index in [-0.39, 0.29) is 11.2 Å². The van der Waals surface area contributed by atoms with Gasteiger partial charge in [-0.15, -0.1) is 0 Å². The number of rotatable bonds is 3. The van der Waals surface area contributed by atoms with Crippen LogP contribution in [0.3, 0.4) is 0 Å². The van der Waals surface area contributed by atoms with Crippen LogP contribution in [-0.2, 0) is 9.53 Å². The van der Waals surface area contributed by atoms with Gasteiger partial charge in [-0.25, -0.2) is 0 Å². The first-order chi connectivity index (χ1) is 9.20. The molecule has 1 aromatic carbocycles. The number of hydrogen-bond donors (Lipinski definition) is 1. The van der Waals surface area contributed by atoms with E-state index in [1.54, 1.807) is 0 Å². The number of benzene rings is 1. The van der Waals surface area contributed by atoms with E-state index in [0.717, 1.165) is 5.56 Å². The SMILES string of the molecule is CC1(C)CN(C(C(=O)O)c2ccccc2)CC(C)(C)O1. The van der Waals surface area contributed by atoms with Gasteiger partial charge in [0.05, 0.1) is 11.2 Å². The Morgan fingerprint density at radius 3 is 2.10 bits per heavy atom. The molecule has 0 radical (unpaired) electrons. The van der Waals surface area contributed by atoms with Gasteiger partial charge in [-0.05, 0) is 33.3 Å². The third-order valence-corrected chi connectivity index (χ3v) is 3.43. The van der Waals surface area contributed by atoms with Crippen molar-refractivity contribution in [1.29, 1.82) is 0 Å². The Morgan fingerprint density at radius 2 is 1.65 bits per heavy atom. The Hall–Kier alpha value is -1.39. The van der Waals surface area contributed by atoms with Crippen molar-refractivity contribution in [1.82, 2.24) is 4.90 Å². The lowest BCUT2D eigenvalue weighted by Crippen LogP contribution is -2.58. The molecule has 1 fully saturated rings. The number of hydrogen-bond acceptors (Lipinski definition) is 3. The number of carboxylic acid groups (broad SMARTS) is 1. The molecule has 0 bridgehead atoms. The molecule has 1 N–H and O–H groups in total. The third kappa shape index (κ3) is 3.38. The van der Waals surface area contributed by atoms with Crippen molar-refractivity contribution in [3.05, 3.63) is 35.9 Å². The molecule has 0 saturated carbocycles. The van der Waals surface area contributed by atoms with Gasteiger partial charge in [0, 0.05) is 13.1 Å². The van der Waals surface area contributed by atoms with Crippen molar-refractivity contribution in [2.75, 3.05) is 13.1 Å². The summed E-state index contributed by atoms with van der Waals surface area (Å²) < 4.78 is 6.02. The van der Waals surface area contributed by atoms with E-state index in [1.165, 1.54) is 0 Å². The van der Waals surface area contributed by atoms with Crippen LogP contribution in [0.2, 0.25) is 0 Å². The minimum Gasteiger partial charge on any atom is -0.480 e. The monoisotopic (exact) mass is 277 g/mol. The molecule has 1 aliphatic rings. The van der Waals surface area contributed by atoms with E-state index >= 15 is 0 Å². The van der Waals surface area contributed by atoms with E-state index < -0.39 is 12.0 Å². The van der Waals surface area contributed by atoms with Gasteiger partial charge in [0.25, 0.3) is 0 Å². The highest BCUT2D eigenvalue weighted by molar-refractivity contribution is 5.75. The predicted octanol–water partition coefficient (Wildman–Crippen LogP) is 2.70. The van der Waals surface area contributed by atoms with Crippen LogP contribution >= 0.6 is 0 Å². The quantitative estimate of drug-likeness (QED) is 0.923. The van der Waals surface area contributed by atoms with E-state index in [0.29, 0.717) is 13.1 Å². The fraction of sp³-hybridized carbons (Fsp3) is 0.562. The lowest BCUT2D eigenvalue weighted by Gasteiger charge is -2.48. The predicted molar refractivity (Wildman–Crippen MR) is 77.6 cm³/mol. The molecule has 4 nitrogen and oxygen atoms in total. The van der Waals surface area contributed by atoms with Crippen LogP contribution in [0.4, 0.5) is 0 Å². The molecule has 1 saturated heterocycles. The fourth-order valence-electron chi connectivity index (χ4n) is 3.17. The molecule has 2 rings (SSSR count). The molecular formula is C16H23NO3. The molecule has 4 heteroatoms. The highest BCUT2D eigenvalue weighted by Gasteiger charge is 2.42. The summed E-state index contributed by atoms with van der Waals surface area (Å²) in [5.74, 6) is -0.815. The third-order valence-electron chi connectivity index (χ3n) is 3.43. The van der Waals surface area contributed by atoms with Gasteiger partial charge in [-0.2, -0.15) is 0 Å². The summed E-state index contributed by atoms with van der Waals surface area (Å²) in [7, 11) is 0. The fourth-order valence-corrected chi connectivity index (χ4v) is 3.17. The molecule has 1 heterocycles. The second-order valence-electron chi connectivity index (χ2n) is 6.68. The Bertz CT molecular complexity index is 466. The molecule has 1 unspecified atom stereocenters. The summed E-state index contributed by atoms with van der Waals surface area (Å²) in [6.07, 6.45) is 0. The van der Waals surface area contributed by atoms with Crippen molar-refractivity contribution in [2.24, 2.45) is 0 Å². The van der Waals surface area contributed by atoms with E-state index in [4.69, 9.17) is 4.74 Å². The molecule has 1 aromatic rings. The molecular weight excluding hydrogens is 254 g/mol. The Labute approximate surface area is 120 Å². The first-order valence-corrected chi connectivity index (χ1v) is 6.92. The second-order valence-corrected chi connectivity index (χ2v) is 6.68. The van der Waals surface area contributed by atoms with Gasteiger partial charge in [-0.1, -0.05) is 30.3 Å². The Kier molecular flexibility index (Phi) is 3.89. The van der Waals surface area contributed by atoms with Gasteiger partial charge < -0.3 is 9.84 Å². The average Bonchev–Trinajstić information content (AvgIpc) is 2.25. The summed E-state index contributed by atoms with van der Waals surface area (Å²) in [6.45, 7) is 9.22. The van der Waals surface area contributed by atoms with Crippen molar-refractivity contribution >= 4 is 5.97 Å². The summed E-state index contributed by atoms with van der Waals surface area (Å²) in [4.78, 5) is 13.7. The van der Waals surface area contributed by atoms with Gasteiger partial charge >= 0.3 is 5.97 Å². The number of carboxylic acids is 1. The lowest BCUT2D eigenvalue weighted by atomic mass is 9.95. The van der Waals surface area contributed by atoms with Crippen molar-refractivity contribution < 1.29 is 14.6 Å². The lowest BCUT2D eigenvalue weighted by molar-refractivity contribution is -0.192. The zero-order valence-corrected chi connectivity index (χ0v) is 12.6. The minimum absolute atomic E-state index is 0.357. The first kappa shape index (κ1) is 15.0. The minimum atomic E-state index is -0.815. The van der Waals surface area contributed by atoms with Crippen LogP contribution in [0.15, 0.2) is 30.3 Å². The van der Waals surface area contributed by atoms with Gasteiger partial charge in [0.2, 0.25) is 0 Å². The summed E-state index contributed by atoms with van der Waals surface area (Å²) in [5.41, 5.74) is 0.0996. The Morgan fingerprint density at radius 1 is 1.15 bits per heavy atom. The molecule has 0 spiro atoms. The molecule has 0 amide bonds. The smallest absolute Gasteiger partial charge is 0.325 e. The molecule has 0 aliphatic carbocycles. The zero-order valence-electron chi connectivity index (χ0n) is 12.6.